The van der Waals surface area contributed by atoms with Crippen molar-refractivity contribution in [2.45, 2.75) is 25.3 Å². The molecule has 1 fully saturated rings. The van der Waals surface area contributed by atoms with Gasteiger partial charge in [0.2, 0.25) is 0 Å². The molecule has 0 saturated carbocycles. The monoisotopic (exact) mass is 211 g/mol. The Morgan fingerprint density at radius 2 is 2.21 bits per heavy atom. The maximum atomic E-state index is 9.58. The molecule has 1 aliphatic rings. The number of nitrogens with zero attached hydrogens (tertiary/aromatic N) is 1. The largest absolute Gasteiger partial charge is 0.394 e. The predicted octanol–water partition coefficient (Wildman–Crippen LogP) is 2.05. The summed E-state index contributed by atoms with van der Waals surface area (Å²) in [5.74, 6) is 0. The third-order valence-electron chi connectivity index (χ3n) is 3.16. The van der Waals surface area contributed by atoms with Crippen LogP contribution in [0.2, 0.25) is 0 Å². The van der Waals surface area contributed by atoms with E-state index in [1.807, 2.05) is 0 Å². The lowest BCUT2D eigenvalue weighted by Crippen LogP contribution is -2.44. The molecule has 2 nitrogen and oxygen atoms in total. The van der Waals surface area contributed by atoms with Crippen LogP contribution in [0, 0.1) is 0 Å². The second-order valence-corrected chi connectivity index (χ2v) is 5.05. The second kappa shape index (κ2) is 4.01. The van der Waals surface area contributed by atoms with Gasteiger partial charge in [0.15, 0.2) is 0 Å². The number of rotatable bonds is 3. The van der Waals surface area contributed by atoms with Crippen molar-refractivity contribution in [1.29, 1.82) is 0 Å². The first-order valence-corrected chi connectivity index (χ1v) is 6.05. The Labute approximate surface area is 89.2 Å². The smallest absolute Gasteiger partial charge is 0.0758 e. The molecule has 2 rings (SSSR count). The van der Waals surface area contributed by atoms with Crippen molar-refractivity contribution in [3.8, 4) is 0 Å². The summed E-state index contributed by atoms with van der Waals surface area (Å²) in [6.45, 7) is 4.60. The number of thiophene rings is 1. The second-order valence-electron chi connectivity index (χ2n) is 4.10. The highest BCUT2D eigenvalue weighted by Crippen LogP contribution is 2.33. The summed E-state index contributed by atoms with van der Waals surface area (Å²) < 4.78 is 0. The maximum absolute atomic E-state index is 9.58. The molecule has 2 heterocycles. The van der Waals surface area contributed by atoms with E-state index in [-0.39, 0.29) is 12.1 Å². The van der Waals surface area contributed by atoms with Crippen molar-refractivity contribution in [3.05, 3.63) is 22.4 Å². The van der Waals surface area contributed by atoms with Crippen molar-refractivity contribution in [2.24, 2.45) is 0 Å². The highest BCUT2D eigenvalue weighted by Gasteiger charge is 2.35. The Morgan fingerprint density at radius 3 is 2.71 bits per heavy atom. The molecule has 0 aromatic carbocycles. The van der Waals surface area contributed by atoms with Crippen molar-refractivity contribution < 1.29 is 5.11 Å². The van der Waals surface area contributed by atoms with Gasteiger partial charge in [-0.05, 0) is 44.3 Å². The first-order valence-electron chi connectivity index (χ1n) is 5.17. The van der Waals surface area contributed by atoms with Crippen LogP contribution in [0.4, 0.5) is 0 Å². The molecule has 14 heavy (non-hydrogen) atoms. The van der Waals surface area contributed by atoms with Gasteiger partial charge in [-0.25, -0.2) is 0 Å². The number of aliphatic hydroxyl groups is 1. The molecule has 1 atom stereocenters. The third-order valence-corrected chi connectivity index (χ3v) is 4.29. The van der Waals surface area contributed by atoms with Gasteiger partial charge in [0.05, 0.1) is 12.1 Å². The molecule has 0 unspecified atom stereocenters. The highest BCUT2D eigenvalue weighted by atomic mass is 32.1. The lowest BCUT2D eigenvalue weighted by atomic mass is 9.99. The van der Waals surface area contributed by atoms with Crippen LogP contribution in [0.25, 0.3) is 0 Å². The zero-order chi connectivity index (χ0) is 10.0. The minimum atomic E-state index is -0.148. The molecule has 1 N–H and O–H groups in total. The van der Waals surface area contributed by atoms with E-state index in [1.165, 1.54) is 17.7 Å². The molecule has 1 aliphatic heterocycles. The fourth-order valence-corrected chi connectivity index (χ4v) is 3.04. The Hall–Kier alpha value is -0.380. The quantitative estimate of drug-likeness (QED) is 0.827. The van der Waals surface area contributed by atoms with E-state index in [2.05, 4.69) is 29.3 Å². The van der Waals surface area contributed by atoms with Gasteiger partial charge in [0, 0.05) is 4.88 Å². The molecular formula is C11H17NOS. The van der Waals surface area contributed by atoms with Crippen LogP contribution in [0.1, 0.15) is 24.6 Å². The molecule has 1 aromatic heterocycles. The molecule has 0 bridgehead atoms. The van der Waals surface area contributed by atoms with Gasteiger partial charge in [-0.15, -0.1) is 11.3 Å². The number of hydrogen-bond donors (Lipinski definition) is 1. The summed E-state index contributed by atoms with van der Waals surface area (Å²) in [5.41, 5.74) is -0.148. The van der Waals surface area contributed by atoms with Crippen molar-refractivity contribution in [2.75, 3.05) is 19.7 Å². The lowest BCUT2D eigenvalue weighted by molar-refractivity contribution is 0.0630. The Bertz CT molecular complexity index is 279. The van der Waals surface area contributed by atoms with Gasteiger partial charge >= 0.3 is 0 Å². The fourth-order valence-electron chi connectivity index (χ4n) is 2.13. The molecule has 0 spiro atoms. The number of likely N-dealkylation sites (tertiary alicyclic amines) is 1. The summed E-state index contributed by atoms with van der Waals surface area (Å²) in [6.07, 6.45) is 2.53. The Balaban J connectivity index is 2.24. The van der Waals surface area contributed by atoms with Crippen LogP contribution in [0.15, 0.2) is 17.5 Å². The summed E-state index contributed by atoms with van der Waals surface area (Å²) >= 11 is 1.74. The molecule has 1 saturated heterocycles. The molecule has 3 heteroatoms. The van der Waals surface area contributed by atoms with Crippen LogP contribution >= 0.6 is 11.3 Å². The topological polar surface area (TPSA) is 23.5 Å². The van der Waals surface area contributed by atoms with Gasteiger partial charge < -0.3 is 5.11 Å². The van der Waals surface area contributed by atoms with E-state index in [4.69, 9.17) is 0 Å². The summed E-state index contributed by atoms with van der Waals surface area (Å²) in [5, 5.41) is 11.7. The Kier molecular flexibility index (Phi) is 2.91. The summed E-state index contributed by atoms with van der Waals surface area (Å²) in [6, 6.07) is 4.18. The van der Waals surface area contributed by atoms with Crippen LogP contribution in [-0.4, -0.2) is 29.7 Å². The molecule has 78 valence electrons. The highest BCUT2D eigenvalue weighted by molar-refractivity contribution is 7.10. The molecule has 0 amide bonds. The van der Waals surface area contributed by atoms with Crippen LogP contribution in [0.5, 0.6) is 0 Å². The van der Waals surface area contributed by atoms with Gasteiger partial charge in [0.25, 0.3) is 0 Å². The zero-order valence-corrected chi connectivity index (χ0v) is 9.39. The van der Waals surface area contributed by atoms with Gasteiger partial charge in [-0.2, -0.15) is 0 Å². The molecular weight excluding hydrogens is 194 g/mol. The van der Waals surface area contributed by atoms with Crippen molar-refractivity contribution in [1.82, 2.24) is 4.90 Å². The predicted molar refractivity (Wildman–Crippen MR) is 59.6 cm³/mol. The van der Waals surface area contributed by atoms with E-state index in [0.717, 1.165) is 13.1 Å². The lowest BCUT2D eigenvalue weighted by Gasteiger charge is -2.36. The van der Waals surface area contributed by atoms with Crippen LogP contribution < -0.4 is 0 Å². The zero-order valence-electron chi connectivity index (χ0n) is 8.57. The van der Waals surface area contributed by atoms with Crippen LogP contribution in [-0.2, 0) is 5.54 Å². The molecule has 1 aromatic rings. The average molecular weight is 211 g/mol. The van der Waals surface area contributed by atoms with Crippen molar-refractivity contribution in [3.63, 3.8) is 0 Å². The third kappa shape index (κ3) is 1.60. The maximum Gasteiger partial charge on any atom is 0.0758 e. The number of hydrogen-bond acceptors (Lipinski definition) is 3. The van der Waals surface area contributed by atoms with Gasteiger partial charge in [-0.1, -0.05) is 6.07 Å². The fraction of sp³-hybridized carbons (Fsp3) is 0.636. The van der Waals surface area contributed by atoms with E-state index in [0.29, 0.717) is 0 Å². The average Bonchev–Trinajstić information content (AvgIpc) is 2.88. The molecule has 0 aliphatic carbocycles. The first-order chi connectivity index (χ1) is 6.77. The SMILES string of the molecule is C[C@](CO)(c1cccs1)N1CCCC1. The van der Waals surface area contributed by atoms with Crippen molar-refractivity contribution >= 4 is 11.3 Å². The standard InChI is InChI=1S/C11H17NOS/c1-11(9-13,10-5-4-8-14-10)12-6-2-3-7-12/h4-5,8,13H,2-3,6-7,9H2,1H3/t11-/m0/s1. The van der Waals surface area contributed by atoms with Gasteiger partial charge in [-0.3, -0.25) is 4.90 Å². The number of aliphatic hydroxyl groups excluding tert-OH is 1. The summed E-state index contributed by atoms with van der Waals surface area (Å²) in [4.78, 5) is 3.68. The van der Waals surface area contributed by atoms with Crippen LogP contribution in [0.3, 0.4) is 0 Å². The normalized spacial score (nSPS) is 22.4. The van der Waals surface area contributed by atoms with E-state index in [9.17, 15) is 5.11 Å². The molecule has 0 radical (unpaired) electrons. The minimum absolute atomic E-state index is 0.148. The first kappa shape index (κ1) is 10.1. The van der Waals surface area contributed by atoms with E-state index in [1.54, 1.807) is 11.3 Å². The minimum Gasteiger partial charge on any atom is -0.394 e. The Morgan fingerprint density at radius 1 is 1.50 bits per heavy atom. The van der Waals surface area contributed by atoms with Gasteiger partial charge in [0.1, 0.15) is 0 Å². The van der Waals surface area contributed by atoms with E-state index < -0.39 is 0 Å². The summed E-state index contributed by atoms with van der Waals surface area (Å²) in [7, 11) is 0. The van der Waals surface area contributed by atoms with E-state index >= 15 is 0 Å².